The SMILES string of the molecule is COc1cc(C=NN=C(N)SCc2ccccc2)cc(Br)c1OCc1ccccc1Cl. The van der Waals surface area contributed by atoms with E-state index >= 15 is 0 Å². The number of thioether (sulfide) groups is 1. The summed E-state index contributed by atoms with van der Waals surface area (Å²) in [6, 6.07) is 21.3. The summed E-state index contributed by atoms with van der Waals surface area (Å²) in [7, 11) is 1.58. The summed E-state index contributed by atoms with van der Waals surface area (Å²) >= 11 is 11.2. The fourth-order valence-electron chi connectivity index (χ4n) is 2.63. The third-order valence-electron chi connectivity index (χ3n) is 4.17. The van der Waals surface area contributed by atoms with Gasteiger partial charge in [-0.15, -0.1) is 5.10 Å². The Morgan fingerprint density at radius 1 is 1.13 bits per heavy atom. The second-order valence-electron chi connectivity index (χ2n) is 6.37. The first-order chi connectivity index (χ1) is 15.1. The molecule has 0 amide bonds. The maximum absolute atomic E-state index is 6.20. The van der Waals surface area contributed by atoms with E-state index in [0.29, 0.717) is 28.3 Å². The van der Waals surface area contributed by atoms with Gasteiger partial charge >= 0.3 is 0 Å². The largest absolute Gasteiger partial charge is 0.493 e. The Kier molecular flexibility index (Phi) is 8.82. The van der Waals surface area contributed by atoms with Gasteiger partial charge in [-0.25, -0.2) is 0 Å². The summed E-state index contributed by atoms with van der Waals surface area (Å²) in [5.74, 6) is 1.89. The van der Waals surface area contributed by atoms with Crippen molar-refractivity contribution in [3.8, 4) is 11.5 Å². The molecule has 0 fully saturated rings. The van der Waals surface area contributed by atoms with E-state index in [9.17, 15) is 0 Å². The predicted molar refractivity (Wildman–Crippen MR) is 133 cm³/mol. The number of hydrogen-bond acceptors (Lipinski definition) is 5. The third-order valence-corrected chi connectivity index (χ3v) is 5.99. The first-order valence-electron chi connectivity index (χ1n) is 9.33. The summed E-state index contributed by atoms with van der Waals surface area (Å²) < 4.78 is 12.2. The fourth-order valence-corrected chi connectivity index (χ4v) is 4.01. The molecule has 0 atom stereocenters. The molecule has 0 bridgehead atoms. The van der Waals surface area contributed by atoms with Crippen molar-refractivity contribution in [2.75, 3.05) is 7.11 Å². The van der Waals surface area contributed by atoms with Crippen LogP contribution in [0.1, 0.15) is 16.7 Å². The Morgan fingerprint density at radius 3 is 2.61 bits per heavy atom. The van der Waals surface area contributed by atoms with Gasteiger partial charge in [0.1, 0.15) is 6.61 Å². The van der Waals surface area contributed by atoms with Crippen LogP contribution in [0.15, 0.2) is 81.4 Å². The summed E-state index contributed by atoms with van der Waals surface area (Å²) in [6.45, 7) is 0.321. The van der Waals surface area contributed by atoms with Crippen molar-refractivity contribution >= 4 is 50.7 Å². The molecule has 31 heavy (non-hydrogen) atoms. The van der Waals surface area contributed by atoms with Crippen molar-refractivity contribution in [3.05, 3.63) is 92.9 Å². The second kappa shape index (κ2) is 11.8. The molecule has 0 aliphatic rings. The zero-order chi connectivity index (χ0) is 22.1. The predicted octanol–water partition coefficient (Wildman–Crippen LogP) is 6.27. The molecule has 0 radical (unpaired) electrons. The number of nitrogens with two attached hydrogens (primary N) is 1. The molecule has 160 valence electrons. The van der Waals surface area contributed by atoms with Gasteiger partial charge in [-0.1, -0.05) is 71.9 Å². The summed E-state index contributed by atoms with van der Waals surface area (Å²) in [4.78, 5) is 0. The molecule has 0 unspecified atom stereocenters. The number of halogens is 2. The standard InChI is InChI=1S/C23H21BrClN3O2S/c1-29-21-12-17(13-27-28-23(26)31-15-16-7-3-2-4-8-16)11-19(24)22(21)30-14-18-9-5-6-10-20(18)25/h2-13H,14-15H2,1H3,(H2,26,28). The molecule has 2 N–H and O–H groups in total. The van der Waals surface area contributed by atoms with Crippen molar-refractivity contribution in [2.24, 2.45) is 15.9 Å². The van der Waals surface area contributed by atoms with Crippen LogP contribution in [0.4, 0.5) is 0 Å². The van der Waals surface area contributed by atoms with Crippen molar-refractivity contribution in [2.45, 2.75) is 12.4 Å². The van der Waals surface area contributed by atoms with Crippen LogP contribution in [-0.2, 0) is 12.4 Å². The summed E-state index contributed by atoms with van der Waals surface area (Å²) in [6.07, 6.45) is 1.61. The molecule has 0 saturated carbocycles. The van der Waals surface area contributed by atoms with Crippen molar-refractivity contribution in [3.63, 3.8) is 0 Å². The van der Waals surface area contributed by atoms with Gasteiger partial charge in [0.05, 0.1) is 17.8 Å². The summed E-state index contributed by atoms with van der Waals surface area (Å²) in [5, 5.41) is 9.19. The Labute approximate surface area is 199 Å². The van der Waals surface area contributed by atoms with Crippen LogP contribution in [0.2, 0.25) is 5.02 Å². The minimum absolute atomic E-state index is 0.321. The highest BCUT2D eigenvalue weighted by molar-refractivity contribution is 9.10. The average Bonchev–Trinajstić information content (AvgIpc) is 2.78. The first-order valence-corrected chi connectivity index (χ1v) is 11.5. The normalized spacial score (nSPS) is 11.6. The van der Waals surface area contributed by atoms with Crippen LogP contribution in [-0.4, -0.2) is 18.5 Å². The second-order valence-corrected chi connectivity index (χ2v) is 8.63. The molecule has 0 aliphatic heterocycles. The zero-order valence-corrected chi connectivity index (χ0v) is 20.0. The van der Waals surface area contributed by atoms with Gasteiger partial charge in [-0.05, 0) is 45.3 Å². The molecule has 3 rings (SSSR count). The molecule has 0 heterocycles. The van der Waals surface area contributed by atoms with Gasteiger partial charge in [0, 0.05) is 16.3 Å². The molecule has 0 spiro atoms. The quantitative estimate of drug-likeness (QED) is 0.217. The number of methoxy groups -OCH3 is 1. The lowest BCUT2D eigenvalue weighted by atomic mass is 10.2. The van der Waals surface area contributed by atoms with E-state index in [1.165, 1.54) is 17.3 Å². The third kappa shape index (κ3) is 7.02. The van der Waals surface area contributed by atoms with Gasteiger partial charge in [-0.2, -0.15) is 5.10 Å². The molecule has 3 aromatic rings. The van der Waals surface area contributed by atoms with Crippen LogP contribution >= 0.6 is 39.3 Å². The lowest BCUT2D eigenvalue weighted by Gasteiger charge is -2.14. The van der Waals surface area contributed by atoms with E-state index in [2.05, 4.69) is 26.1 Å². The topological polar surface area (TPSA) is 69.2 Å². The van der Waals surface area contributed by atoms with E-state index in [0.717, 1.165) is 21.4 Å². The van der Waals surface area contributed by atoms with E-state index in [4.69, 9.17) is 26.8 Å². The van der Waals surface area contributed by atoms with Crippen LogP contribution < -0.4 is 15.2 Å². The number of benzene rings is 3. The minimum Gasteiger partial charge on any atom is -0.493 e. The van der Waals surface area contributed by atoms with Gasteiger partial charge in [-0.3, -0.25) is 0 Å². The first kappa shape index (κ1) is 23.2. The Hall–Kier alpha value is -2.48. The van der Waals surface area contributed by atoms with Crippen LogP contribution in [0.5, 0.6) is 11.5 Å². The van der Waals surface area contributed by atoms with Crippen molar-refractivity contribution in [1.29, 1.82) is 0 Å². The molecular weight excluding hydrogens is 498 g/mol. The molecule has 0 saturated heterocycles. The van der Waals surface area contributed by atoms with Crippen LogP contribution in [0.25, 0.3) is 0 Å². The van der Waals surface area contributed by atoms with Gasteiger partial charge in [0.15, 0.2) is 16.7 Å². The molecule has 3 aromatic carbocycles. The lowest BCUT2D eigenvalue weighted by Crippen LogP contribution is -2.06. The summed E-state index contributed by atoms with van der Waals surface area (Å²) in [5.41, 5.74) is 8.79. The number of hydrogen-bond donors (Lipinski definition) is 1. The monoisotopic (exact) mass is 517 g/mol. The maximum Gasteiger partial charge on any atom is 0.180 e. The number of ether oxygens (including phenoxy) is 2. The van der Waals surface area contributed by atoms with E-state index in [1.54, 1.807) is 13.3 Å². The molecular formula is C23H21BrClN3O2S. The van der Waals surface area contributed by atoms with Crippen LogP contribution in [0, 0.1) is 0 Å². The highest BCUT2D eigenvalue weighted by Crippen LogP contribution is 2.37. The lowest BCUT2D eigenvalue weighted by molar-refractivity contribution is 0.282. The van der Waals surface area contributed by atoms with Crippen molar-refractivity contribution in [1.82, 2.24) is 0 Å². The maximum atomic E-state index is 6.20. The smallest absolute Gasteiger partial charge is 0.180 e. The van der Waals surface area contributed by atoms with E-state index < -0.39 is 0 Å². The highest BCUT2D eigenvalue weighted by atomic mass is 79.9. The van der Waals surface area contributed by atoms with Gasteiger partial charge < -0.3 is 15.2 Å². The van der Waals surface area contributed by atoms with E-state index in [1.807, 2.05) is 66.7 Å². The van der Waals surface area contributed by atoms with Gasteiger partial charge in [0.2, 0.25) is 0 Å². The average molecular weight is 519 g/mol. The van der Waals surface area contributed by atoms with Gasteiger partial charge in [0.25, 0.3) is 0 Å². The van der Waals surface area contributed by atoms with E-state index in [-0.39, 0.29) is 0 Å². The zero-order valence-electron chi connectivity index (χ0n) is 16.8. The molecule has 0 aromatic heterocycles. The Bertz CT molecular complexity index is 1080. The number of nitrogens with zero attached hydrogens (tertiary/aromatic N) is 2. The fraction of sp³-hybridized carbons (Fsp3) is 0.130. The number of rotatable bonds is 8. The van der Waals surface area contributed by atoms with Crippen molar-refractivity contribution < 1.29 is 9.47 Å². The highest BCUT2D eigenvalue weighted by Gasteiger charge is 2.12. The molecule has 5 nitrogen and oxygen atoms in total. The Balaban J connectivity index is 1.65. The molecule has 0 aliphatic carbocycles. The van der Waals surface area contributed by atoms with Crippen LogP contribution in [0.3, 0.4) is 0 Å². The Morgan fingerprint density at radius 2 is 1.87 bits per heavy atom. The number of amidine groups is 1. The molecule has 8 heteroatoms. The minimum atomic E-state index is 0.321.